The van der Waals surface area contributed by atoms with Gasteiger partial charge in [-0.2, -0.15) is 0 Å². The van der Waals surface area contributed by atoms with Crippen molar-refractivity contribution in [3.05, 3.63) is 0 Å². The molecule has 0 aliphatic rings. The van der Waals surface area contributed by atoms with Gasteiger partial charge in [0.1, 0.15) is 6.79 Å². The molecule has 0 saturated heterocycles. The smallest absolute Gasteiger partial charge is 0.192 e. The van der Waals surface area contributed by atoms with E-state index in [0.29, 0.717) is 6.79 Å². The summed E-state index contributed by atoms with van der Waals surface area (Å²) in [6, 6.07) is 3.61. The summed E-state index contributed by atoms with van der Waals surface area (Å²) < 4.78 is 17.3. The molecule has 22 heavy (non-hydrogen) atoms. The van der Waals surface area contributed by atoms with Crippen molar-refractivity contribution in [1.82, 2.24) is 0 Å². The van der Waals surface area contributed by atoms with Crippen LogP contribution in [0.3, 0.4) is 0 Å². The molecular weight excluding hydrogens is 292 g/mol. The molecule has 0 heterocycles. The molecule has 0 rings (SSSR count). The van der Waals surface area contributed by atoms with Gasteiger partial charge in [-0.1, -0.05) is 66.2 Å². The first-order valence-electron chi connectivity index (χ1n) is 9.42. The van der Waals surface area contributed by atoms with E-state index in [1.807, 2.05) is 0 Å². The molecule has 0 spiro atoms. The molecule has 0 saturated carbocycles. The minimum Gasteiger partial charge on any atom is -0.414 e. The van der Waals surface area contributed by atoms with Crippen LogP contribution >= 0.6 is 0 Å². The van der Waals surface area contributed by atoms with Gasteiger partial charge in [0.2, 0.25) is 0 Å². The van der Waals surface area contributed by atoms with E-state index >= 15 is 0 Å². The maximum absolute atomic E-state index is 6.39. The molecule has 4 heteroatoms. The number of rotatable bonds is 16. The van der Waals surface area contributed by atoms with Crippen molar-refractivity contribution < 1.29 is 13.9 Å². The lowest BCUT2D eigenvalue weighted by atomic mass is 10.1. The Morgan fingerprint density at radius 2 is 1.41 bits per heavy atom. The minimum absolute atomic E-state index is 0.197. The molecule has 3 nitrogen and oxygen atoms in total. The van der Waals surface area contributed by atoms with E-state index in [9.17, 15) is 0 Å². The highest BCUT2D eigenvalue weighted by Gasteiger charge is 2.29. The van der Waals surface area contributed by atoms with E-state index in [-0.39, 0.29) is 6.10 Å². The third-order valence-corrected chi connectivity index (χ3v) is 9.45. The maximum atomic E-state index is 6.39. The molecule has 0 N–H and O–H groups in total. The van der Waals surface area contributed by atoms with Crippen LogP contribution in [0.4, 0.5) is 0 Å². The van der Waals surface area contributed by atoms with Crippen LogP contribution in [0.25, 0.3) is 0 Å². The minimum atomic E-state index is -1.51. The Labute approximate surface area is 140 Å². The Kier molecular flexibility index (Phi) is 14.7. The first-order valence-corrected chi connectivity index (χ1v) is 11.9. The molecule has 0 aromatic rings. The van der Waals surface area contributed by atoms with Crippen molar-refractivity contribution in [3.8, 4) is 0 Å². The van der Waals surface area contributed by atoms with Crippen LogP contribution in [-0.2, 0) is 13.9 Å². The molecule has 0 aromatic carbocycles. The molecule has 0 bridgehead atoms. The molecule has 0 fully saturated rings. The number of hydrogen-bond donors (Lipinski definition) is 0. The van der Waals surface area contributed by atoms with Crippen molar-refractivity contribution in [2.45, 2.75) is 96.9 Å². The third kappa shape index (κ3) is 9.98. The van der Waals surface area contributed by atoms with Crippen molar-refractivity contribution in [3.63, 3.8) is 0 Å². The summed E-state index contributed by atoms with van der Waals surface area (Å²) in [6.07, 6.45) is 9.23. The lowest BCUT2D eigenvalue weighted by Gasteiger charge is -2.30. The lowest BCUT2D eigenvalue weighted by Crippen LogP contribution is -2.39. The van der Waals surface area contributed by atoms with E-state index in [4.69, 9.17) is 13.9 Å². The Morgan fingerprint density at radius 3 is 1.95 bits per heavy atom. The summed E-state index contributed by atoms with van der Waals surface area (Å²) in [5.74, 6) is 0. The summed E-state index contributed by atoms with van der Waals surface area (Å²) in [7, 11) is 0.181. The Balaban J connectivity index is 4.10. The second kappa shape index (κ2) is 14.7. The van der Waals surface area contributed by atoms with Gasteiger partial charge in [-0.15, -0.1) is 0 Å². The van der Waals surface area contributed by atoms with Gasteiger partial charge in [-0.25, -0.2) is 0 Å². The van der Waals surface area contributed by atoms with Crippen LogP contribution < -0.4 is 0 Å². The van der Waals surface area contributed by atoms with Crippen molar-refractivity contribution in [2.24, 2.45) is 0 Å². The van der Waals surface area contributed by atoms with Crippen LogP contribution in [0.15, 0.2) is 0 Å². The zero-order valence-corrected chi connectivity index (χ0v) is 16.8. The van der Waals surface area contributed by atoms with Crippen LogP contribution in [-0.4, -0.2) is 34.9 Å². The fraction of sp³-hybridized carbons (Fsp3) is 1.00. The van der Waals surface area contributed by atoms with E-state index in [1.54, 1.807) is 7.11 Å². The van der Waals surface area contributed by atoms with Crippen molar-refractivity contribution in [1.29, 1.82) is 0 Å². The highest BCUT2D eigenvalue weighted by atomic mass is 28.4. The summed E-state index contributed by atoms with van der Waals surface area (Å²) >= 11 is 0. The van der Waals surface area contributed by atoms with E-state index in [1.165, 1.54) is 56.7 Å². The number of unbranched alkanes of at least 4 members (excludes halogenated alkanes) is 5. The normalized spacial score (nSPS) is 13.5. The molecule has 1 atom stereocenters. The van der Waals surface area contributed by atoms with Gasteiger partial charge in [0.15, 0.2) is 8.32 Å². The number of methoxy groups -OCH3 is 1. The van der Waals surface area contributed by atoms with Gasteiger partial charge in [0.25, 0.3) is 0 Å². The predicted molar refractivity (Wildman–Crippen MR) is 97.9 cm³/mol. The maximum Gasteiger partial charge on any atom is 0.192 e. The third-order valence-electron chi connectivity index (χ3n) is 4.81. The van der Waals surface area contributed by atoms with E-state index in [0.717, 1.165) is 13.0 Å². The van der Waals surface area contributed by atoms with Gasteiger partial charge >= 0.3 is 0 Å². The van der Waals surface area contributed by atoms with Crippen LogP contribution in [0, 0.1) is 0 Å². The molecule has 134 valence electrons. The zero-order valence-electron chi connectivity index (χ0n) is 15.8. The molecule has 1 unspecified atom stereocenters. The molecule has 0 aliphatic heterocycles. The van der Waals surface area contributed by atoms with Crippen LogP contribution in [0.1, 0.15) is 72.6 Å². The topological polar surface area (TPSA) is 27.7 Å². The highest BCUT2D eigenvalue weighted by Crippen LogP contribution is 2.23. The SMILES string of the molecule is CCCCCCCCC(CO[Si](CC)(CC)CC)OCOC. The standard InChI is InChI=1S/C18H40O3Si/c1-6-10-11-12-13-14-15-18(20-17-19-5)16-21-22(7-2,8-3)9-4/h18H,6-17H2,1-5H3. The molecule has 0 aliphatic carbocycles. The van der Waals surface area contributed by atoms with Gasteiger partial charge < -0.3 is 13.9 Å². The zero-order chi connectivity index (χ0) is 16.7. The second-order valence-electron chi connectivity index (χ2n) is 6.31. The van der Waals surface area contributed by atoms with Crippen LogP contribution in [0.2, 0.25) is 18.1 Å². The second-order valence-corrected chi connectivity index (χ2v) is 11.1. The quantitative estimate of drug-likeness (QED) is 0.205. The van der Waals surface area contributed by atoms with E-state index in [2.05, 4.69) is 27.7 Å². The molecule has 0 radical (unpaired) electrons. The van der Waals surface area contributed by atoms with Gasteiger partial charge in [0, 0.05) is 7.11 Å². The van der Waals surface area contributed by atoms with Gasteiger partial charge in [0.05, 0.1) is 12.7 Å². The molecular formula is C18H40O3Si. The van der Waals surface area contributed by atoms with Crippen LogP contribution in [0.5, 0.6) is 0 Å². The predicted octanol–water partition coefficient (Wildman–Crippen LogP) is 5.75. The van der Waals surface area contributed by atoms with E-state index < -0.39 is 8.32 Å². The van der Waals surface area contributed by atoms with Gasteiger partial charge in [-0.05, 0) is 24.6 Å². The Bertz CT molecular complexity index is 224. The molecule has 0 amide bonds. The number of ether oxygens (including phenoxy) is 2. The monoisotopic (exact) mass is 332 g/mol. The fourth-order valence-corrected chi connectivity index (χ4v) is 5.51. The molecule has 0 aromatic heterocycles. The lowest BCUT2D eigenvalue weighted by molar-refractivity contribution is -0.0879. The fourth-order valence-electron chi connectivity index (χ4n) is 2.86. The summed E-state index contributed by atoms with van der Waals surface area (Å²) in [5.41, 5.74) is 0. The summed E-state index contributed by atoms with van der Waals surface area (Å²) in [5, 5.41) is 0. The Morgan fingerprint density at radius 1 is 0.818 bits per heavy atom. The largest absolute Gasteiger partial charge is 0.414 e. The van der Waals surface area contributed by atoms with Crippen molar-refractivity contribution in [2.75, 3.05) is 20.5 Å². The average Bonchev–Trinajstić information content (AvgIpc) is 2.56. The first-order chi connectivity index (χ1) is 10.7. The summed E-state index contributed by atoms with van der Waals surface area (Å²) in [4.78, 5) is 0. The Hall–Kier alpha value is 0.0969. The average molecular weight is 333 g/mol. The number of hydrogen-bond acceptors (Lipinski definition) is 3. The van der Waals surface area contributed by atoms with Crippen molar-refractivity contribution >= 4 is 8.32 Å². The summed E-state index contributed by atoms with van der Waals surface area (Å²) in [6.45, 7) is 10.2. The highest BCUT2D eigenvalue weighted by molar-refractivity contribution is 6.73. The first kappa shape index (κ1) is 22.1. The van der Waals surface area contributed by atoms with Gasteiger partial charge in [-0.3, -0.25) is 0 Å².